The van der Waals surface area contributed by atoms with Gasteiger partial charge in [0.25, 0.3) is 0 Å². The van der Waals surface area contributed by atoms with E-state index in [0.717, 1.165) is 30.1 Å². The molecule has 0 saturated heterocycles. The smallest absolute Gasteiger partial charge is 0.310 e. The van der Waals surface area contributed by atoms with Crippen molar-refractivity contribution in [2.45, 2.75) is 45.1 Å². The van der Waals surface area contributed by atoms with Crippen molar-refractivity contribution in [3.63, 3.8) is 0 Å². The lowest BCUT2D eigenvalue weighted by atomic mass is 9.70. The van der Waals surface area contributed by atoms with Crippen molar-refractivity contribution in [1.29, 1.82) is 0 Å². The van der Waals surface area contributed by atoms with Gasteiger partial charge in [0.05, 0.1) is 29.7 Å². The molecule has 6 heteroatoms. The van der Waals surface area contributed by atoms with Crippen molar-refractivity contribution in [3.8, 4) is 0 Å². The third-order valence-corrected chi connectivity index (χ3v) is 6.74. The molecule has 2 heterocycles. The molecule has 6 nitrogen and oxygen atoms in total. The van der Waals surface area contributed by atoms with E-state index in [2.05, 4.69) is 12.1 Å². The molecule has 0 fully saturated rings. The first-order valence-corrected chi connectivity index (χ1v) is 10.3. The summed E-state index contributed by atoms with van der Waals surface area (Å²) in [5, 5.41) is 0. The van der Waals surface area contributed by atoms with Gasteiger partial charge in [0.1, 0.15) is 17.3 Å². The summed E-state index contributed by atoms with van der Waals surface area (Å²) >= 11 is 0. The highest BCUT2D eigenvalue weighted by molar-refractivity contribution is 6.18. The van der Waals surface area contributed by atoms with E-state index in [4.69, 9.17) is 14.7 Å². The monoisotopic (exact) mass is 391 g/mol. The molecule has 0 N–H and O–H groups in total. The number of esters is 1. The predicted molar refractivity (Wildman–Crippen MR) is 108 cm³/mol. The fourth-order valence-electron chi connectivity index (χ4n) is 5.33. The molecule has 2 aliphatic carbocycles. The highest BCUT2D eigenvalue weighted by Crippen LogP contribution is 2.44. The lowest BCUT2D eigenvalue weighted by Gasteiger charge is -2.38. The number of Topliss-reactive ketones (excluding diaryl/α,β-unsaturated/α-hetero) is 1. The summed E-state index contributed by atoms with van der Waals surface area (Å²) in [7, 11) is 1.95. The number of nitrogens with zero attached hydrogens (tertiary/aromatic N) is 3. The second-order valence-electron chi connectivity index (χ2n) is 8.54. The largest absolute Gasteiger partial charge is 0.466 e. The van der Waals surface area contributed by atoms with Crippen LogP contribution in [0.25, 0.3) is 0 Å². The van der Waals surface area contributed by atoms with Crippen LogP contribution in [0.5, 0.6) is 0 Å². The molecule has 5 rings (SSSR count). The van der Waals surface area contributed by atoms with E-state index in [1.54, 1.807) is 6.92 Å². The zero-order valence-corrected chi connectivity index (χ0v) is 17.1. The molecule has 1 spiro atoms. The Morgan fingerprint density at radius 3 is 2.59 bits per heavy atom. The number of benzene rings is 1. The lowest BCUT2D eigenvalue weighted by molar-refractivity contribution is -0.151. The molecular weight excluding hydrogens is 366 g/mol. The van der Waals surface area contributed by atoms with Crippen LogP contribution in [0.4, 0.5) is 0 Å². The molecule has 2 unspecified atom stereocenters. The van der Waals surface area contributed by atoms with Crippen LogP contribution in [0.3, 0.4) is 0 Å². The van der Waals surface area contributed by atoms with Crippen LogP contribution in [-0.2, 0) is 40.6 Å². The fraction of sp³-hybridized carbons (Fsp3) is 0.478. The first-order valence-electron chi connectivity index (χ1n) is 10.3. The van der Waals surface area contributed by atoms with Gasteiger partial charge in [-0.2, -0.15) is 0 Å². The normalized spacial score (nSPS) is 24.0. The van der Waals surface area contributed by atoms with E-state index in [1.165, 1.54) is 11.1 Å². The summed E-state index contributed by atoms with van der Waals surface area (Å²) in [6.45, 7) is 4.04. The molecule has 1 aromatic carbocycles. The number of fused-ring (bicyclic) bond motifs is 4. The zero-order chi connectivity index (χ0) is 20.3. The van der Waals surface area contributed by atoms with Crippen LogP contribution in [0.2, 0.25) is 0 Å². The van der Waals surface area contributed by atoms with Crippen LogP contribution in [-0.4, -0.2) is 39.2 Å². The van der Waals surface area contributed by atoms with Gasteiger partial charge in [0, 0.05) is 25.6 Å². The zero-order valence-electron chi connectivity index (χ0n) is 17.1. The van der Waals surface area contributed by atoms with Crippen LogP contribution in [0, 0.1) is 18.8 Å². The van der Waals surface area contributed by atoms with Crippen molar-refractivity contribution in [2.24, 2.45) is 23.9 Å². The Morgan fingerprint density at radius 1 is 1.24 bits per heavy atom. The Kier molecular flexibility index (Phi) is 4.02. The van der Waals surface area contributed by atoms with Crippen LogP contribution >= 0.6 is 0 Å². The first-order chi connectivity index (χ1) is 13.9. The minimum atomic E-state index is -0.551. The lowest BCUT2D eigenvalue weighted by Crippen LogP contribution is -2.50. The van der Waals surface area contributed by atoms with Crippen molar-refractivity contribution < 1.29 is 14.3 Å². The number of aromatic nitrogens is 2. The summed E-state index contributed by atoms with van der Waals surface area (Å²) in [6, 6.07) is 8.32. The molecule has 150 valence electrons. The Morgan fingerprint density at radius 2 is 1.93 bits per heavy atom. The van der Waals surface area contributed by atoms with Crippen LogP contribution < -0.4 is 0 Å². The summed E-state index contributed by atoms with van der Waals surface area (Å²) in [6.07, 6.45) is 2.35. The van der Waals surface area contributed by atoms with E-state index in [0.29, 0.717) is 25.2 Å². The van der Waals surface area contributed by atoms with E-state index >= 15 is 0 Å². The molecule has 1 aliphatic heterocycles. The van der Waals surface area contributed by atoms with Crippen LogP contribution in [0.15, 0.2) is 29.3 Å². The van der Waals surface area contributed by atoms with E-state index in [-0.39, 0.29) is 11.8 Å². The number of ether oxygens (including phenoxy) is 1. The van der Waals surface area contributed by atoms with Crippen molar-refractivity contribution in [2.75, 3.05) is 6.61 Å². The highest BCUT2D eigenvalue weighted by Gasteiger charge is 2.52. The van der Waals surface area contributed by atoms with Gasteiger partial charge < -0.3 is 9.30 Å². The molecule has 0 bridgehead atoms. The maximum absolute atomic E-state index is 13.4. The second kappa shape index (κ2) is 6.37. The number of hydrogen-bond acceptors (Lipinski definition) is 5. The quantitative estimate of drug-likeness (QED) is 0.737. The molecule has 29 heavy (non-hydrogen) atoms. The minimum Gasteiger partial charge on any atom is -0.466 e. The third kappa shape index (κ3) is 2.69. The maximum Gasteiger partial charge on any atom is 0.310 e. The number of hydrogen-bond donors (Lipinski definition) is 0. The number of imidazole rings is 1. The average molecular weight is 391 g/mol. The summed E-state index contributed by atoms with van der Waals surface area (Å²) in [4.78, 5) is 36.1. The minimum absolute atomic E-state index is 0.0924. The number of rotatable bonds is 2. The molecule has 0 amide bonds. The molecule has 3 aliphatic rings. The third-order valence-electron chi connectivity index (χ3n) is 6.74. The van der Waals surface area contributed by atoms with Gasteiger partial charge in [-0.25, -0.2) is 4.98 Å². The molecule has 1 aromatic heterocycles. The average Bonchev–Trinajstić information content (AvgIpc) is 3.18. The SMILES string of the molecule is CCOC(=O)C1Cc2c(nc(C)n2C)C2=NC3(CC(=O)C21)Cc1ccccc1C3. The van der Waals surface area contributed by atoms with Crippen molar-refractivity contribution >= 4 is 17.5 Å². The van der Waals surface area contributed by atoms with E-state index in [9.17, 15) is 9.59 Å². The van der Waals surface area contributed by atoms with Gasteiger partial charge in [0.2, 0.25) is 0 Å². The van der Waals surface area contributed by atoms with Gasteiger partial charge >= 0.3 is 5.97 Å². The molecule has 0 saturated carbocycles. The number of carbonyl (C=O) groups is 2. The Hall–Kier alpha value is -2.76. The van der Waals surface area contributed by atoms with Gasteiger partial charge in [-0.3, -0.25) is 14.6 Å². The van der Waals surface area contributed by atoms with E-state index < -0.39 is 17.4 Å². The van der Waals surface area contributed by atoms with Gasteiger partial charge in [-0.15, -0.1) is 0 Å². The maximum atomic E-state index is 13.4. The van der Waals surface area contributed by atoms with Gasteiger partial charge in [-0.1, -0.05) is 24.3 Å². The Labute approximate surface area is 170 Å². The molecule has 2 atom stereocenters. The van der Waals surface area contributed by atoms with Gasteiger partial charge in [-0.05, 0) is 37.8 Å². The summed E-state index contributed by atoms with van der Waals surface area (Å²) < 4.78 is 7.34. The Bertz CT molecular complexity index is 1040. The standard InChI is InChI=1S/C23H25N3O3/c1-4-29-22(28)16-9-17-20(24-13(2)26(17)3)21-19(16)18(27)12-23(25-21)10-14-7-5-6-8-15(14)11-23/h5-8,16,19H,4,9-12H2,1-3H3. The summed E-state index contributed by atoms with van der Waals surface area (Å²) in [5.74, 6) is -0.430. The number of aliphatic imine (C=N–C) groups is 1. The molecular formula is C23H25N3O3. The number of aryl methyl sites for hydroxylation is 1. The Balaban J connectivity index is 1.65. The van der Waals surface area contributed by atoms with E-state index in [1.807, 2.05) is 30.7 Å². The van der Waals surface area contributed by atoms with Gasteiger partial charge in [0.15, 0.2) is 0 Å². The van der Waals surface area contributed by atoms with Crippen molar-refractivity contribution in [3.05, 3.63) is 52.6 Å². The number of ketones is 1. The fourth-order valence-corrected chi connectivity index (χ4v) is 5.33. The molecule has 2 aromatic rings. The first kappa shape index (κ1) is 18.3. The predicted octanol–water partition coefficient (Wildman–Crippen LogP) is 2.38. The van der Waals surface area contributed by atoms with Crippen LogP contribution in [0.1, 0.15) is 41.7 Å². The summed E-state index contributed by atoms with van der Waals surface area (Å²) in [5.41, 5.74) is 4.52. The molecule has 0 radical (unpaired) electrons. The van der Waals surface area contributed by atoms with Crippen molar-refractivity contribution in [1.82, 2.24) is 9.55 Å². The second-order valence-corrected chi connectivity index (χ2v) is 8.54. The highest BCUT2D eigenvalue weighted by atomic mass is 16.5. The topological polar surface area (TPSA) is 73.5 Å². The number of carbonyl (C=O) groups excluding carboxylic acids is 2.